The van der Waals surface area contributed by atoms with Crippen molar-refractivity contribution in [2.75, 3.05) is 5.32 Å². The number of rotatable bonds is 4. The predicted octanol–water partition coefficient (Wildman–Crippen LogP) is 3.83. The average molecular weight is 397 g/mol. The highest BCUT2D eigenvalue weighted by Gasteiger charge is 2.36. The number of benzene rings is 2. The quantitative estimate of drug-likeness (QED) is 0.622. The lowest BCUT2D eigenvalue weighted by atomic mass is 10.00. The lowest BCUT2D eigenvalue weighted by Crippen LogP contribution is -2.26. The van der Waals surface area contributed by atoms with Crippen LogP contribution in [0.1, 0.15) is 22.8 Å². The Balaban J connectivity index is 1.85. The molecule has 0 aliphatic carbocycles. The fraction of sp³-hybridized carbons (Fsp3) is 0.150. The summed E-state index contributed by atoms with van der Waals surface area (Å²) in [5, 5.41) is 18.0. The second kappa shape index (κ2) is 7.47. The molecule has 2 heterocycles. The van der Waals surface area contributed by atoms with Crippen LogP contribution in [0.5, 0.6) is 0 Å². The Bertz CT molecular complexity index is 1020. The van der Waals surface area contributed by atoms with Crippen molar-refractivity contribution in [3.8, 4) is 11.3 Å². The summed E-state index contributed by atoms with van der Waals surface area (Å²) in [5.41, 5.74) is 3.05. The molecule has 28 heavy (non-hydrogen) atoms. The average Bonchev–Trinajstić information content (AvgIpc) is 3.03. The molecule has 8 heteroatoms. The normalized spacial score (nSPS) is 18.8. The minimum Gasteiger partial charge on any atom is -0.481 e. The van der Waals surface area contributed by atoms with Crippen LogP contribution in [0.4, 0.5) is 10.2 Å². The van der Waals surface area contributed by atoms with Crippen molar-refractivity contribution < 1.29 is 19.1 Å². The van der Waals surface area contributed by atoms with Crippen molar-refractivity contribution in [3.05, 3.63) is 71.5 Å². The summed E-state index contributed by atoms with van der Waals surface area (Å²) in [5.74, 6) is -1.43. The largest absolute Gasteiger partial charge is 0.481 e. The van der Waals surface area contributed by atoms with Crippen molar-refractivity contribution in [1.29, 1.82) is 0 Å². The lowest BCUT2D eigenvalue weighted by Gasteiger charge is -2.19. The zero-order valence-electron chi connectivity index (χ0n) is 14.6. The summed E-state index contributed by atoms with van der Waals surface area (Å²) in [7, 11) is 0. The fourth-order valence-electron chi connectivity index (χ4n) is 3.20. The van der Waals surface area contributed by atoms with Gasteiger partial charge in [0.1, 0.15) is 5.82 Å². The number of anilines is 1. The molecule has 2 atom stereocenters. The van der Waals surface area contributed by atoms with Gasteiger partial charge in [-0.15, -0.1) is 11.8 Å². The van der Waals surface area contributed by atoms with Crippen LogP contribution >= 0.6 is 11.8 Å². The molecule has 4 rings (SSSR count). The molecule has 0 saturated carbocycles. The van der Waals surface area contributed by atoms with Gasteiger partial charge in [-0.1, -0.05) is 30.3 Å². The molecule has 0 fully saturated rings. The van der Waals surface area contributed by atoms with E-state index < -0.39 is 17.1 Å². The first-order chi connectivity index (χ1) is 13.5. The first-order valence-electron chi connectivity index (χ1n) is 8.60. The van der Waals surface area contributed by atoms with Crippen molar-refractivity contribution >= 4 is 29.5 Å². The number of aliphatic carboxylic acids is 1. The SMILES string of the molecule is O=C(O)CC1SC(c2ccccc2)c2c(n[nH]c2-c2ccc(F)cc2)NC1=O. The molecular weight excluding hydrogens is 381 g/mol. The second-order valence-electron chi connectivity index (χ2n) is 6.37. The number of hydrogen-bond acceptors (Lipinski definition) is 4. The number of carboxylic acids is 1. The van der Waals surface area contributed by atoms with E-state index in [-0.39, 0.29) is 17.5 Å². The number of carboxylic acid groups (broad SMARTS) is 1. The standard InChI is InChI=1S/C20H16FN3O3S/c21-13-8-6-11(7-9-13)17-16-18(12-4-2-1-3-5-12)28-14(10-15(25)26)20(27)22-19(16)24-23-17/h1-9,14,18H,10H2,(H,25,26)(H2,22,23,24,27). The Labute approximate surface area is 164 Å². The van der Waals surface area contributed by atoms with E-state index in [1.807, 2.05) is 30.3 Å². The molecule has 0 spiro atoms. The third kappa shape index (κ3) is 3.50. The van der Waals surface area contributed by atoms with Gasteiger partial charge in [0.25, 0.3) is 0 Å². The van der Waals surface area contributed by atoms with Gasteiger partial charge in [-0.05, 0) is 29.8 Å². The maximum Gasteiger partial charge on any atom is 0.305 e. The summed E-state index contributed by atoms with van der Waals surface area (Å²) < 4.78 is 13.4. The van der Waals surface area contributed by atoms with Gasteiger partial charge in [0.05, 0.1) is 22.6 Å². The summed E-state index contributed by atoms with van der Waals surface area (Å²) in [6.07, 6.45) is -0.292. The highest BCUT2D eigenvalue weighted by molar-refractivity contribution is 8.01. The maximum absolute atomic E-state index is 13.4. The van der Waals surface area contributed by atoms with Crippen LogP contribution in [-0.4, -0.2) is 32.4 Å². The number of fused-ring (bicyclic) bond motifs is 1. The smallest absolute Gasteiger partial charge is 0.305 e. The first kappa shape index (κ1) is 18.2. The Morgan fingerprint density at radius 2 is 1.86 bits per heavy atom. The van der Waals surface area contributed by atoms with Gasteiger partial charge in [0, 0.05) is 11.1 Å². The van der Waals surface area contributed by atoms with E-state index >= 15 is 0 Å². The Hall–Kier alpha value is -3.13. The van der Waals surface area contributed by atoms with E-state index in [1.165, 1.54) is 23.9 Å². The molecule has 1 amide bonds. The first-order valence-corrected chi connectivity index (χ1v) is 9.54. The second-order valence-corrected chi connectivity index (χ2v) is 7.68. The van der Waals surface area contributed by atoms with Crippen molar-refractivity contribution in [2.45, 2.75) is 16.9 Å². The summed E-state index contributed by atoms with van der Waals surface area (Å²) in [4.78, 5) is 23.8. The molecule has 1 aromatic heterocycles. The number of carbonyl (C=O) groups is 2. The number of carbonyl (C=O) groups excluding carboxylic acids is 1. The van der Waals surface area contributed by atoms with Crippen LogP contribution in [0.2, 0.25) is 0 Å². The highest BCUT2D eigenvalue weighted by atomic mass is 32.2. The summed E-state index contributed by atoms with van der Waals surface area (Å²) in [6.45, 7) is 0. The molecule has 0 saturated heterocycles. The van der Waals surface area contributed by atoms with Crippen molar-refractivity contribution in [2.24, 2.45) is 0 Å². The molecule has 2 unspecified atom stereocenters. The molecule has 142 valence electrons. The molecule has 2 aromatic carbocycles. The molecule has 3 aromatic rings. The van der Waals surface area contributed by atoms with Crippen LogP contribution in [0, 0.1) is 5.82 Å². The third-order valence-corrected chi connectivity index (χ3v) is 5.99. The van der Waals surface area contributed by atoms with Crippen LogP contribution < -0.4 is 5.32 Å². The van der Waals surface area contributed by atoms with Crippen LogP contribution in [0.15, 0.2) is 54.6 Å². The Morgan fingerprint density at radius 1 is 1.14 bits per heavy atom. The molecule has 1 aliphatic heterocycles. The number of thioether (sulfide) groups is 1. The molecule has 0 bridgehead atoms. The Morgan fingerprint density at radius 3 is 2.54 bits per heavy atom. The molecule has 3 N–H and O–H groups in total. The predicted molar refractivity (Wildman–Crippen MR) is 105 cm³/mol. The van der Waals surface area contributed by atoms with Crippen LogP contribution in [-0.2, 0) is 9.59 Å². The van der Waals surface area contributed by atoms with Gasteiger partial charge in [-0.2, -0.15) is 5.10 Å². The molecule has 6 nitrogen and oxygen atoms in total. The van der Waals surface area contributed by atoms with E-state index in [0.29, 0.717) is 11.5 Å². The third-order valence-electron chi connectivity index (χ3n) is 4.50. The molecule has 0 radical (unpaired) electrons. The number of nitrogens with one attached hydrogen (secondary N) is 2. The zero-order chi connectivity index (χ0) is 19.7. The maximum atomic E-state index is 13.4. The number of hydrogen-bond donors (Lipinski definition) is 3. The highest BCUT2D eigenvalue weighted by Crippen LogP contribution is 2.47. The lowest BCUT2D eigenvalue weighted by molar-refractivity contribution is -0.138. The summed E-state index contributed by atoms with van der Waals surface area (Å²) >= 11 is 1.27. The van der Waals surface area contributed by atoms with Crippen molar-refractivity contribution in [3.63, 3.8) is 0 Å². The van der Waals surface area contributed by atoms with Crippen molar-refractivity contribution in [1.82, 2.24) is 10.2 Å². The van der Waals surface area contributed by atoms with E-state index in [4.69, 9.17) is 0 Å². The van der Waals surface area contributed by atoms with Gasteiger partial charge >= 0.3 is 5.97 Å². The van der Waals surface area contributed by atoms with E-state index in [1.54, 1.807) is 12.1 Å². The number of H-pyrrole nitrogens is 1. The Kier molecular flexibility index (Phi) is 4.87. The number of halogens is 1. The molecular formula is C20H16FN3O3S. The van der Waals surface area contributed by atoms with Gasteiger partial charge in [-0.25, -0.2) is 4.39 Å². The van der Waals surface area contributed by atoms with Gasteiger partial charge in [-0.3, -0.25) is 14.7 Å². The van der Waals surface area contributed by atoms with Gasteiger partial charge in [0.15, 0.2) is 5.82 Å². The monoisotopic (exact) mass is 397 g/mol. The minimum atomic E-state index is -1.04. The topological polar surface area (TPSA) is 95.1 Å². The van der Waals surface area contributed by atoms with E-state index in [0.717, 1.165) is 16.7 Å². The van der Waals surface area contributed by atoms with Gasteiger partial charge in [0.2, 0.25) is 5.91 Å². The number of aromatic nitrogens is 2. The van der Waals surface area contributed by atoms with E-state index in [2.05, 4.69) is 15.5 Å². The number of nitrogens with zero attached hydrogens (tertiary/aromatic N) is 1. The van der Waals surface area contributed by atoms with Crippen LogP contribution in [0.3, 0.4) is 0 Å². The summed E-state index contributed by atoms with van der Waals surface area (Å²) in [6, 6.07) is 15.5. The zero-order valence-corrected chi connectivity index (χ0v) is 15.4. The van der Waals surface area contributed by atoms with Gasteiger partial charge < -0.3 is 10.4 Å². The number of aromatic amines is 1. The van der Waals surface area contributed by atoms with E-state index in [9.17, 15) is 19.1 Å². The molecule has 1 aliphatic rings. The van der Waals surface area contributed by atoms with Crippen LogP contribution in [0.25, 0.3) is 11.3 Å². The number of amides is 1. The fourth-order valence-corrected chi connectivity index (χ4v) is 4.63. The minimum absolute atomic E-state index is 0.292.